The first-order chi connectivity index (χ1) is 0. The van der Waals surface area contributed by atoms with E-state index in [1.54, 1.807) is 0 Å². The maximum atomic E-state index is 0. The van der Waals surface area contributed by atoms with Crippen LogP contribution in [0.25, 0.3) is 0 Å². The Hall–Kier alpha value is 5.75. The van der Waals surface area contributed by atoms with Crippen molar-refractivity contribution in [2.45, 2.75) is 0 Å². The molecule has 0 bridgehead atoms. The summed E-state index contributed by atoms with van der Waals surface area (Å²) in [5, 5.41) is 0. The van der Waals surface area contributed by atoms with Crippen LogP contribution >= 0.6 is 0 Å². The van der Waals surface area contributed by atoms with E-state index in [-0.39, 0.29) is 183 Å². The Labute approximate surface area is 177 Å². The van der Waals surface area contributed by atoms with Gasteiger partial charge < -0.3 is 95.9 Å². The first kappa shape index (κ1) is 41.1. The van der Waals surface area contributed by atoms with E-state index in [1.165, 1.54) is 0 Å². The van der Waals surface area contributed by atoms with Crippen LogP contribution in [-0.4, -0.2) is 86.6 Å². The van der Waals surface area contributed by atoms with Crippen LogP contribution in [0, 0.1) is 0 Å². The van der Waals surface area contributed by atoms with Gasteiger partial charge in [-0.15, -0.1) is 0 Å². The molecule has 32 valence electrons. The molecular formula is BaCaI4. The van der Waals surface area contributed by atoms with Crippen molar-refractivity contribution < 1.29 is 95.9 Å². The number of hydrogen-bond acceptors (Lipinski definition) is 0. The molecule has 0 saturated carbocycles. The molecule has 0 aliphatic carbocycles. The molecule has 0 aliphatic heterocycles. The Kier molecular flexibility index (Phi) is 212. The summed E-state index contributed by atoms with van der Waals surface area (Å²) in [5.41, 5.74) is 0. The number of rotatable bonds is 0. The third-order valence-electron chi connectivity index (χ3n) is 0. The van der Waals surface area contributed by atoms with Crippen molar-refractivity contribution in [2.75, 3.05) is 0 Å². The van der Waals surface area contributed by atoms with Crippen LogP contribution in [-0.2, 0) is 0 Å². The molecule has 0 nitrogen and oxygen atoms in total. The molecule has 0 aromatic rings. The van der Waals surface area contributed by atoms with E-state index in [2.05, 4.69) is 0 Å². The molecule has 6 heavy (non-hydrogen) atoms. The quantitative estimate of drug-likeness (QED) is 0.176. The van der Waals surface area contributed by atoms with Gasteiger partial charge in [-0.1, -0.05) is 0 Å². The first-order valence-corrected chi connectivity index (χ1v) is 0. The molecule has 0 radical (unpaired) electrons. The molecule has 0 spiro atoms. The van der Waals surface area contributed by atoms with E-state index in [9.17, 15) is 0 Å². The number of halogens is 4. The van der Waals surface area contributed by atoms with Gasteiger partial charge in [-0.2, -0.15) is 0 Å². The molecule has 0 amide bonds. The molecule has 0 aromatic carbocycles. The Bertz CT molecular complexity index is 7.51. The van der Waals surface area contributed by atoms with Gasteiger partial charge in [0.2, 0.25) is 0 Å². The minimum Gasteiger partial charge on any atom is -1.00 e. The number of hydrogen-bond donors (Lipinski definition) is 0. The van der Waals surface area contributed by atoms with Gasteiger partial charge >= 0.3 is 86.6 Å². The zero-order chi connectivity index (χ0) is 0. The Balaban J connectivity index is 0. The van der Waals surface area contributed by atoms with Crippen LogP contribution in [0.1, 0.15) is 0 Å². The van der Waals surface area contributed by atoms with Crippen molar-refractivity contribution >= 4 is 86.6 Å². The van der Waals surface area contributed by atoms with Gasteiger partial charge in [0.1, 0.15) is 0 Å². The molecular weight excluding hydrogens is 685 g/mol. The Morgan fingerprint density at radius 3 is 0.500 bits per heavy atom. The summed E-state index contributed by atoms with van der Waals surface area (Å²) in [4.78, 5) is 0. The monoisotopic (exact) mass is 685 g/mol. The van der Waals surface area contributed by atoms with Crippen molar-refractivity contribution in [1.29, 1.82) is 0 Å². The Morgan fingerprint density at radius 2 is 0.500 bits per heavy atom. The fourth-order valence-corrected chi connectivity index (χ4v) is 0. The predicted octanol–water partition coefficient (Wildman–Crippen LogP) is -12.7. The van der Waals surface area contributed by atoms with Crippen LogP contribution in [0.5, 0.6) is 0 Å². The average molecular weight is 685 g/mol. The molecule has 0 saturated heterocycles. The maximum Gasteiger partial charge on any atom is 2.00 e. The van der Waals surface area contributed by atoms with E-state index < -0.39 is 0 Å². The van der Waals surface area contributed by atoms with Crippen molar-refractivity contribution in [1.82, 2.24) is 0 Å². The minimum absolute atomic E-state index is 0. The summed E-state index contributed by atoms with van der Waals surface area (Å²) in [6, 6.07) is 0. The van der Waals surface area contributed by atoms with E-state index in [4.69, 9.17) is 0 Å². The Morgan fingerprint density at radius 1 is 0.500 bits per heavy atom. The van der Waals surface area contributed by atoms with Gasteiger partial charge in [-0.05, 0) is 0 Å². The maximum absolute atomic E-state index is 0. The third kappa shape index (κ3) is 22.6. The molecule has 0 fully saturated rings. The topological polar surface area (TPSA) is 0 Å². The van der Waals surface area contributed by atoms with E-state index in [1.807, 2.05) is 0 Å². The van der Waals surface area contributed by atoms with Crippen molar-refractivity contribution in [3.05, 3.63) is 0 Å². The van der Waals surface area contributed by atoms with Crippen LogP contribution in [0.4, 0.5) is 0 Å². The van der Waals surface area contributed by atoms with Crippen molar-refractivity contribution in [2.24, 2.45) is 0 Å². The summed E-state index contributed by atoms with van der Waals surface area (Å²) in [5.74, 6) is 0. The second-order valence-electron chi connectivity index (χ2n) is 0. The zero-order valence-corrected chi connectivity index (χ0v) is 18.2. The van der Waals surface area contributed by atoms with E-state index in [0.29, 0.717) is 0 Å². The summed E-state index contributed by atoms with van der Waals surface area (Å²) in [6.07, 6.45) is 0. The van der Waals surface area contributed by atoms with Crippen molar-refractivity contribution in [3.8, 4) is 0 Å². The van der Waals surface area contributed by atoms with Crippen LogP contribution in [0.15, 0.2) is 0 Å². The standard InChI is InChI=1S/Ba.Ca.4HI/h;;4*1H/q2*+2;;;;/p-4. The predicted molar refractivity (Wildman–Crippen MR) is 11.5 cm³/mol. The van der Waals surface area contributed by atoms with Crippen LogP contribution < -0.4 is 95.9 Å². The van der Waals surface area contributed by atoms with Crippen molar-refractivity contribution in [3.63, 3.8) is 0 Å². The molecule has 0 N–H and O–H groups in total. The smallest absolute Gasteiger partial charge is 1.00 e. The van der Waals surface area contributed by atoms with Crippen LogP contribution in [0.3, 0.4) is 0 Å². The molecule has 0 unspecified atom stereocenters. The van der Waals surface area contributed by atoms with Gasteiger partial charge in [0.05, 0.1) is 0 Å². The fraction of sp³-hybridized carbons (Fsp3) is 0. The normalized spacial score (nSPS) is 0. The largest absolute Gasteiger partial charge is 2.00 e. The van der Waals surface area contributed by atoms with Gasteiger partial charge in [-0.3, -0.25) is 0 Å². The second-order valence-corrected chi connectivity index (χ2v) is 0. The molecule has 0 heterocycles. The third-order valence-corrected chi connectivity index (χ3v) is 0. The molecule has 6 heteroatoms. The van der Waals surface area contributed by atoms with Gasteiger partial charge in [0, 0.05) is 0 Å². The fourth-order valence-electron chi connectivity index (χ4n) is 0. The summed E-state index contributed by atoms with van der Waals surface area (Å²) < 4.78 is 0. The summed E-state index contributed by atoms with van der Waals surface area (Å²) in [6.45, 7) is 0. The summed E-state index contributed by atoms with van der Waals surface area (Å²) in [7, 11) is 0. The SMILES string of the molecule is [Ba+2].[Ca+2].[I-].[I-].[I-].[I-]. The van der Waals surface area contributed by atoms with Gasteiger partial charge in [0.25, 0.3) is 0 Å². The molecule has 0 rings (SSSR count). The van der Waals surface area contributed by atoms with E-state index in [0.717, 1.165) is 0 Å². The molecule has 0 aliphatic rings. The summed E-state index contributed by atoms with van der Waals surface area (Å²) >= 11 is 0. The van der Waals surface area contributed by atoms with Gasteiger partial charge in [-0.25, -0.2) is 0 Å². The zero-order valence-electron chi connectivity index (χ0n) is 2.93. The average Bonchev–Trinajstić information content (AvgIpc) is 0. The first-order valence-electron chi connectivity index (χ1n) is 0. The van der Waals surface area contributed by atoms with Crippen LogP contribution in [0.2, 0.25) is 0 Å². The minimum atomic E-state index is 0. The van der Waals surface area contributed by atoms with Gasteiger partial charge in [0.15, 0.2) is 0 Å². The second kappa shape index (κ2) is 30.9. The van der Waals surface area contributed by atoms with E-state index >= 15 is 0 Å². The molecule has 0 atom stereocenters. The molecule has 0 aromatic heterocycles.